The number of hydrogen-bond acceptors (Lipinski definition) is 6. The van der Waals surface area contributed by atoms with Crippen LogP contribution in [0.3, 0.4) is 0 Å². The van der Waals surface area contributed by atoms with Gasteiger partial charge in [-0.15, -0.1) is 0 Å². The Balaban J connectivity index is 1.52. The van der Waals surface area contributed by atoms with Gasteiger partial charge in [-0.3, -0.25) is 9.69 Å². The third-order valence-electron chi connectivity index (χ3n) is 6.09. The Labute approximate surface area is 204 Å². The Morgan fingerprint density at radius 1 is 1.09 bits per heavy atom. The van der Waals surface area contributed by atoms with E-state index in [0.717, 1.165) is 37.7 Å². The van der Waals surface area contributed by atoms with Crippen molar-refractivity contribution in [2.45, 2.75) is 39.3 Å². The first kappa shape index (κ1) is 25.2. The minimum atomic E-state index is -0.615. The molecule has 0 bridgehead atoms. The Morgan fingerprint density at radius 3 is 2.46 bits per heavy atom. The average Bonchev–Trinajstić information content (AvgIpc) is 3.68. The second kappa shape index (κ2) is 11.7. The second-order valence-corrected chi connectivity index (χ2v) is 8.70. The summed E-state index contributed by atoms with van der Waals surface area (Å²) < 4.78 is 44.8. The lowest BCUT2D eigenvalue weighted by molar-refractivity contribution is -0.117. The molecule has 2 aromatic carbocycles. The number of nitrogens with one attached hydrogen (secondary N) is 1. The predicted octanol–water partition coefficient (Wildman–Crippen LogP) is 4.20. The molecule has 0 atom stereocenters. The van der Waals surface area contributed by atoms with Crippen LogP contribution >= 0.6 is 0 Å². The van der Waals surface area contributed by atoms with E-state index in [1.807, 2.05) is 24.8 Å². The molecule has 2 fully saturated rings. The van der Waals surface area contributed by atoms with Gasteiger partial charge < -0.3 is 24.4 Å². The van der Waals surface area contributed by atoms with Gasteiger partial charge in [-0.05, 0) is 32.8 Å². The van der Waals surface area contributed by atoms with Crippen LogP contribution in [0.5, 0.6) is 11.5 Å². The maximum atomic E-state index is 14.2. The van der Waals surface area contributed by atoms with Crippen LogP contribution < -0.4 is 19.7 Å². The van der Waals surface area contributed by atoms with Gasteiger partial charge in [0.1, 0.15) is 23.1 Å². The van der Waals surface area contributed by atoms with E-state index in [0.29, 0.717) is 49.2 Å². The topological polar surface area (TPSA) is 63.3 Å². The van der Waals surface area contributed by atoms with Crippen LogP contribution in [0, 0.1) is 11.6 Å². The third kappa shape index (κ3) is 6.61. The van der Waals surface area contributed by atoms with Gasteiger partial charge in [-0.1, -0.05) is 6.07 Å². The fourth-order valence-corrected chi connectivity index (χ4v) is 4.24. The van der Waals surface area contributed by atoms with Crippen molar-refractivity contribution in [3.8, 4) is 11.5 Å². The van der Waals surface area contributed by atoms with Crippen LogP contribution in [0.25, 0.3) is 0 Å². The van der Waals surface area contributed by atoms with Crippen molar-refractivity contribution >= 4 is 17.3 Å². The van der Waals surface area contributed by atoms with E-state index in [1.165, 1.54) is 12.1 Å². The molecule has 0 aromatic heterocycles. The summed E-state index contributed by atoms with van der Waals surface area (Å²) in [6.07, 6.45) is 1.89. The summed E-state index contributed by atoms with van der Waals surface area (Å²) in [7, 11) is 0. The molecule has 1 aliphatic carbocycles. The molecule has 1 saturated carbocycles. The van der Waals surface area contributed by atoms with E-state index in [4.69, 9.17) is 14.2 Å². The van der Waals surface area contributed by atoms with Crippen LogP contribution in [0.1, 0.15) is 32.3 Å². The summed E-state index contributed by atoms with van der Waals surface area (Å²) >= 11 is 0. The molecule has 4 rings (SSSR count). The molecule has 2 aromatic rings. The molecule has 1 saturated heterocycles. The molecule has 0 unspecified atom stereocenters. The Kier molecular flexibility index (Phi) is 8.41. The van der Waals surface area contributed by atoms with Crippen LogP contribution in [0.15, 0.2) is 30.3 Å². The van der Waals surface area contributed by atoms with Crippen molar-refractivity contribution in [2.75, 3.05) is 56.3 Å². The first-order valence-electron chi connectivity index (χ1n) is 12.2. The van der Waals surface area contributed by atoms with E-state index < -0.39 is 11.6 Å². The zero-order valence-electron chi connectivity index (χ0n) is 20.3. The van der Waals surface area contributed by atoms with Crippen molar-refractivity contribution in [3.05, 3.63) is 47.5 Å². The Morgan fingerprint density at radius 2 is 1.80 bits per heavy atom. The molecular formula is C26H33F2N3O4. The van der Waals surface area contributed by atoms with E-state index >= 15 is 0 Å². The molecule has 35 heavy (non-hydrogen) atoms. The number of halogens is 2. The number of ether oxygens (including phenoxy) is 3. The number of morpholine rings is 1. The molecule has 1 heterocycles. The van der Waals surface area contributed by atoms with Crippen molar-refractivity contribution in [1.82, 2.24) is 4.90 Å². The highest BCUT2D eigenvalue weighted by Gasteiger charge is 2.31. The largest absolute Gasteiger partial charge is 0.492 e. The molecule has 190 valence electrons. The number of hydrogen-bond donors (Lipinski definition) is 1. The quantitative estimate of drug-likeness (QED) is 0.511. The summed E-state index contributed by atoms with van der Waals surface area (Å²) in [4.78, 5) is 17.2. The monoisotopic (exact) mass is 489 g/mol. The van der Waals surface area contributed by atoms with Crippen molar-refractivity contribution in [2.24, 2.45) is 0 Å². The summed E-state index contributed by atoms with van der Waals surface area (Å²) in [5.74, 6) is -0.221. The van der Waals surface area contributed by atoms with E-state index in [1.54, 1.807) is 6.07 Å². The highest BCUT2D eigenvalue weighted by Crippen LogP contribution is 2.39. The molecule has 7 nitrogen and oxygen atoms in total. The average molecular weight is 490 g/mol. The number of anilines is 2. The fraction of sp³-hybridized carbons (Fsp3) is 0.500. The minimum Gasteiger partial charge on any atom is -0.492 e. The van der Waals surface area contributed by atoms with Crippen LogP contribution in [-0.4, -0.2) is 62.9 Å². The van der Waals surface area contributed by atoms with E-state index in [9.17, 15) is 13.6 Å². The minimum absolute atomic E-state index is 0.0855. The standard InChI is InChI=1S/C26H33F2N3O4/c1-3-34-24-15-23(30-9-11-33-12-10-30)25(35-4-2)14-22(24)29-26(32)17-31(20-7-8-20)16-18-5-6-19(27)13-21(18)28/h5-6,13-15,20H,3-4,7-12,16-17H2,1-2H3,(H,29,32). The maximum absolute atomic E-state index is 14.2. The van der Waals surface area contributed by atoms with Gasteiger partial charge in [0.2, 0.25) is 5.91 Å². The molecule has 0 radical (unpaired) electrons. The summed E-state index contributed by atoms with van der Waals surface area (Å²) in [6.45, 7) is 7.82. The Hall–Kier alpha value is -2.91. The zero-order valence-corrected chi connectivity index (χ0v) is 20.3. The number of benzene rings is 2. The second-order valence-electron chi connectivity index (χ2n) is 8.70. The highest BCUT2D eigenvalue weighted by molar-refractivity contribution is 5.94. The van der Waals surface area contributed by atoms with Gasteiger partial charge >= 0.3 is 0 Å². The normalized spacial score (nSPS) is 15.9. The van der Waals surface area contributed by atoms with Gasteiger partial charge in [-0.25, -0.2) is 8.78 Å². The van der Waals surface area contributed by atoms with Crippen molar-refractivity contribution in [3.63, 3.8) is 0 Å². The Bertz CT molecular complexity index is 1030. The molecule has 0 spiro atoms. The lowest BCUT2D eigenvalue weighted by Gasteiger charge is -2.31. The van der Waals surface area contributed by atoms with Crippen LogP contribution in [0.2, 0.25) is 0 Å². The van der Waals surface area contributed by atoms with Gasteiger partial charge in [0.15, 0.2) is 0 Å². The van der Waals surface area contributed by atoms with E-state index in [-0.39, 0.29) is 25.0 Å². The molecule has 1 N–H and O–H groups in total. The molecule has 1 aliphatic heterocycles. The number of carbonyl (C=O) groups is 1. The molecule has 2 aliphatic rings. The smallest absolute Gasteiger partial charge is 0.238 e. The summed E-state index contributed by atoms with van der Waals surface area (Å²) in [5, 5.41) is 2.96. The van der Waals surface area contributed by atoms with Crippen LogP contribution in [-0.2, 0) is 16.1 Å². The SMILES string of the molecule is CCOc1cc(N2CCOCC2)c(OCC)cc1NC(=O)CN(Cc1ccc(F)cc1F)C1CC1. The van der Waals surface area contributed by atoms with Gasteiger partial charge in [-0.2, -0.15) is 0 Å². The van der Waals surface area contributed by atoms with Crippen LogP contribution in [0.4, 0.5) is 20.2 Å². The first-order chi connectivity index (χ1) is 17.0. The maximum Gasteiger partial charge on any atom is 0.238 e. The number of rotatable bonds is 11. The summed E-state index contributed by atoms with van der Waals surface area (Å²) in [6, 6.07) is 7.47. The third-order valence-corrected chi connectivity index (χ3v) is 6.09. The fourth-order valence-electron chi connectivity index (χ4n) is 4.24. The highest BCUT2D eigenvalue weighted by atomic mass is 19.1. The van der Waals surface area contributed by atoms with Crippen molar-refractivity contribution < 1.29 is 27.8 Å². The van der Waals surface area contributed by atoms with Gasteiger partial charge in [0.25, 0.3) is 0 Å². The molecule has 1 amide bonds. The predicted molar refractivity (Wildman–Crippen MR) is 130 cm³/mol. The van der Waals surface area contributed by atoms with Gasteiger partial charge in [0.05, 0.1) is 44.3 Å². The number of carbonyl (C=O) groups excluding carboxylic acids is 1. The first-order valence-corrected chi connectivity index (χ1v) is 12.2. The number of amides is 1. The number of nitrogens with zero attached hydrogens (tertiary/aromatic N) is 2. The molecular weight excluding hydrogens is 456 g/mol. The summed E-state index contributed by atoms with van der Waals surface area (Å²) in [5.41, 5.74) is 1.80. The lowest BCUT2D eigenvalue weighted by Crippen LogP contribution is -2.36. The van der Waals surface area contributed by atoms with E-state index in [2.05, 4.69) is 10.2 Å². The molecule has 9 heteroatoms. The lowest BCUT2D eigenvalue weighted by atomic mass is 10.2. The van der Waals surface area contributed by atoms with Gasteiger partial charge in [0, 0.05) is 49.4 Å². The van der Waals surface area contributed by atoms with Crippen molar-refractivity contribution in [1.29, 1.82) is 0 Å². The zero-order chi connectivity index (χ0) is 24.8.